The number of hydrogen-bond acceptors (Lipinski definition) is 5. The van der Waals surface area contributed by atoms with Crippen LogP contribution >= 0.6 is 11.8 Å². The second-order valence-electron chi connectivity index (χ2n) is 6.38. The maximum atomic E-state index is 12.7. The van der Waals surface area contributed by atoms with E-state index in [4.69, 9.17) is 5.26 Å². The third-order valence-corrected chi connectivity index (χ3v) is 7.29. The molecule has 25 heavy (non-hydrogen) atoms. The van der Waals surface area contributed by atoms with Crippen LogP contribution in [0, 0.1) is 11.3 Å². The summed E-state index contributed by atoms with van der Waals surface area (Å²) in [5.74, 6) is 1.11. The van der Waals surface area contributed by atoms with Crippen LogP contribution in [0.2, 0.25) is 0 Å². The molecule has 1 aliphatic rings. The lowest BCUT2D eigenvalue weighted by Gasteiger charge is -2.33. The van der Waals surface area contributed by atoms with E-state index >= 15 is 0 Å². The van der Waals surface area contributed by atoms with Crippen LogP contribution < -0.4 is 0 Å². The first kappa shape index (κ1) is 19.8. The number of rotatable bonds is 7. The highest BCUT2D eigenvalue weighted by Crippen LogP contribution is 2.23. The Morgan fingerprint density at radius 3 is 2.76 bits per heavy atom. The molecule has 0 aliphatic carbocycles. The van der Waals surface area contributed by atoms with Gasteiger partial charge in [-0.2, -0.15) is 5.26 Å². The highest BCUT2D eigenvalue weighted by molar-refractivity contribution is 7.99. The second kappa shape index (κ2) is 8.72. The molecule has 2 rings (SSSR count). The predicted octanol–water partition coefficient (Wildman–Crippen LogP) is 2.61. The minimum Gasteiger partial charge on any atom is -0.335 e. The average molecular weight is 381 g/mol. The first-order chi connectivity index (χ1) is 11.9. The summed E-state index contributed by atoms with van der Waals surface area (Å²) in [5.41, 5.74) is 1.55. The number of carbonyl (C=O) groups excluding carboxylic acids is 1. The van der Waals surface area contributed by atoms with Gasteiger partial charge < -0.3 is 4.90 Å². The molecule has 1 aromatic rings. The SMILES string of the molecule is CC[C@H](C)N(C(=O)CSCc1ccccc1C#N)[C@@H]1CCS(=O)(=O)C1. The van der Waals surface area contributed by atoms with E-state index in [2.05, 4.69) is 6.07 Å². The van der Waals surface area contributed by atoms with Crippen LogP contribution in [0.25, 0.3) is 0 Å². The lowest BCUT2D eigenvalue weighted by Crippen LogP contribution is -2.47. The Morgan fingerprint density at radius 2 is 2.16 bits per heavy atom. The zero-order valence-electron chi connectivity index (χ0n) is 14.6. The molecule has 0 bridgehead atoms. The molecule has 5 nitrogen and oxygen atoms in total. The first-order valence-corrected chi connectivity index (χ1v) is 11.4. The number of nitriles is 1. The first-order valence-electron chi connectivity index (χ1n) is 8.45. The summed E-state index contributed by atoms with van der Waals surface area (Å²) < 4.78 is 23.5. The van der Waals surface area contributed by atoms with Crippen LogP contribution in [-0.4, -0.2) is 48.6 Å². The predicted molar refractivity (Wildman–Crippen MR) is 101 cm³/mol. The van der Waals surface area contributed by atoms with E-state index in [-0.39, 0.29) is 29.5 Å². The van der Waals surface area contributed by atoms with E-state index < -0.39 is 9.84 Å². The summed E-state index contributed by atoms with van der Waals surface area (Å²) in [6, 6.07) is 9.35. The van der Waals surface area contributed by atoms with Gasteiger partial charge in [-0.3, -0.25) is 4.79 Å². The zero-order chi connectivity index (χ0) is 18.4. The summed E-state index contributed by atoms with van der Waals surface area (Å²) in [7, 11) is -3.02. The van der Waals surface area contributed by atoms with E-state index in [0.717, 1.165) is 12.0 Å². The lowest BCUT2D eigenvalue weighted by atomic mass is 10.1. The van der Waals surface area contributed by atoms with Gasteiger partial charge in [-0.25, -0.2) is 8.42 Å². The Balaban J connectivity index is 1.99. The van der Waals surface area contributed by atoms with Gasteiger partial charge in [0.1, 0.15) is 0 Å². The van der Waals surface area contributed by atoms with E-state index in [9.17, 15) is 13.2 Å². The fourth-order valence-corrected chi connectivity index (χ4v) is 5.69. The summed E-state index contributed by atoms with van der Waals surface area (Å²) in [4.78, 5) is 14.5. The maximum Gasteiger partial charge on any atom is 0.233 e. The Labute approximate surface area is 154 Å². The molecule has 1 heterocycles. The number of carbonyl (C=O) groups is 1. The molecule has 1 aromatic carbocycles. The molecule has 0 unspecified atom stereocenters. The van der Waals surface area contributed by atoms with Crippen molar-refractivity contribution in [2.24, 2.45) is 0 Å². The third kappa shape index (κ3) is 5.23. The molecule has 0 spiro atoms. The van der Waals surface area contributed by atoms with E-state index in [1.165, 1.54) is 11.8 Å². The van der Waals surface area contributed by atoms with Crippen molar-refractivity contribution in [3.63, 3.8) is 0 Å². The molecule has 0 aromatic heterocycles. The maximum absolute atomic E-state index is 12.7. The fraction of sp³-hybridized carbons (Fsp3) is 0.556. The van der Waals surface area contributed by atoms with Gasteiger partial charge in [0.25, 0.3) is 0 Å². The molecule has 1 saturated heterocycles. The van der Waals surface area contributed by atoms with Crippen molar-refractivity contribution >= 4 is 27.5 Å². The van der Waals surface area contributed by atoms with Crippen molar-refractivity contribution in [1.82, 2.24) is 4.90 Å². The van der Waals surface area contributed by atoms with Gasteiger partial charge in [0.15, 0.2) is 9.84 Å². The molecule has 2 atom stereocenters. The molecular formula is C18H24N2O3S2. The zero-order valence-corrected chi connectivity index (χ0v) is 16.3. The van der Waals surface area contributed by atoms with Crippen molar-refractivity contribution < 1.29 is 13.2 Å². The van der Waals surface area contributed by atoms with Gasteiger partial charge in [0, 0.05) is 17.8 Å². The number of benzene rings is 1. The molecule has 1 fully saturated rings. The molecule has 0 N–H and O–H groups in total. The number of nitrogens with zero attached hydrogens (tertiary/aromatic N) is 2. The Bertz CT molecular complexity index is 756. The molecule has 0 saturated carbocycles. The number of amides is 1. The largest absolute Gasteiger partial charge is 0.335 e. The van der Waals surface area contributed by atoms with Crippen LogP contribution in [-0.2, 0) is 20.4 Å². The van der Waals surface area contributed by atoms with Gasteiger partial charge in [0.05, 0.1) is 28.9 Å². The van der Waals surface area contributed by atoms with Crippen molar-refractivity contribution in [1.29, 1.82) is 5.26 Å². The van der Waals surface area contributed by atoms with E-state index in [1.807, 2.05) is 32.0 Å². The minimum atomic E-state index is -3.02. The molecule has 7 heteroatoms. The number of hydrogen-bond donors (Lipinski definition) is 0. The quantitative estimate of drug-likeness (QED) is 0.726. The van der Waals surface area contributed by atoms with Gasteiger partial charge in [-0.15, -0.1) is 11.8 Å². The van der Waals surface area contributed by atoms with Crippen LogP contribution in [0.1, 0.15) is 37.8 Å². The molecule has 0 radical (unpaired) electrons. The van der Waals surface area contributed by atoms with Gasteiger partial charge >= 0.3 is 0 Å². The van der Waals surface area contributed by atoms with Crippen molar-refractivity contribution in [3.05, 3.63) is 35.4 Å². The molecule has 136 valence electrons. The molecule has 1 amide bonds. The van der Waals surface area contributed by atoms with Gasteiger partial charge in [0.2, 0.25) is 5.91 Å². The third-order valence-electron chi connectivity index (χ3n) is 4.58. The molecular weight excluding hydrogens is 356 g/mol. The monoisotopic (exact) mass is 380 g/mol. The lowest BCUT2D eigenvalue weighted by molar-refractivity contribution is -0.132. The van der Waals surface area contributed by atoms with Gasteiger partial charge in [-0.1, -0.05) is 25.1 Å². The van der Waals surface area contributed by atoms with Crippen molar-refractivity contribution in [2.75, 3.05) is 17.3 Å². The standard InChI is InChI=1S/C18H24N2O3S2/c1-3-14(2)20(17-8-9-25(22,23)13-17)18(21)12-24-11-16-7-5-4-6-15(16)10-19/h4-7,14,17H,3,8-9,11-13H2,1-2H3/t14-,17+/m0/s1. The Morgan fingerprint density at radius 1 is 1.44 bits per heavy atom. The van der Waals surface area contributed by atoms with Crippen molar-refractivity contribution in [3.8, 4) is 6.07 Å². The fourth-order valence-electron chi connectivity index (χ4n) is 3.08. The summed E-state index contributed by atoms with van der Waals surface area (Å²) in [6.07, 6.45) is 1.32. The topological polar surface area (TPSA) is 78.2 Å². The average Bonchev–Trinajstić information content (AvgIpc) is 2.94. The smallest absolute Gasteiger partial charge is 0.233 e. The van der Waals surface area contributed by atoms with Crippen LogP contribution in [0.3, 0.4) is 0 Å². The Hall–Kier alpha value is -1.52. The summed E-state index contributed by atoms with van der Waals surface area (Å²) in [5, 5.41) is 9.12. The van der Waals surface area contributed by atoms with E-state index in [1.54, 1.807) is 11.0 Å². The summed E-state index contributed by atoms with van der Waals surface area (Å²) >= 11 is 1.47. The van der Waals surface area contributed by atoms with Crippen LogP contribution in [0.5, 0.6) is 0 Å². The molecule has 1 aliphatic heterocycles. The van der Waals surface area contributed by atoms with Crippen LogP contribution in [0.4, 0.5) is 0 Å². The second-order valence-corrected chi connectivity index (χ2v) is 9.59. The highest BCUT2D eigenvalue weighted by atomic mass is 32.2. The Kier molecular flexibility index (Phi) is 6.91. The normalized spacial score (nSPS) is 20.0. The van der Waals surface area contributed by atoms with Crippen LogP contribution in [0.15, 0.2) is 24.3 Å². The summed E-state index contributed by atoms with van der Waals surface area (Å²) in [6.45, 7) is 3.98. The highest BCUT2D eigenvalue weighted by Gasteiger charge is 2.36. The minimum absolute atomic E-state index is 0.0177. The van der Waals surface area contributed by atoms with Gasteiger partial charge in [-0.05, 0) is 31.4 Å². The van der Waals surface area contributed by atoms with E-state index in [0.29, 0.717) is 23.5 Å². The number of thioether (sulfide) groups is 1. The number of sulfone groups is 1. The van der Waals surface area contributed by atoms with Crippen molar-refractivity contribution in [2.45, 2.75) is 44.5 Å².